The zero-order valence-corrected chi connectivity index (χ0v) is 13.3. The molecule has 0 aliphatic carbocycles. The van der Waals surface area contributed by atoms with E-state index >= 15 is 0 Å². The SMILES string of the molecule is Cc1sc2cc3ccccc3cc2c1Sc1ccccc1. The summed E-state index contributed by atoms with van der Waals surface area (Å²) >= 11 is 3.76. The molecule has 0 amide bonds. The van der Waals surface area contributed by atoms with Gasteiger partial charge in [0, 0.05) is 24.8 Å². The average Bonchev–Trinajstić information content (AvgIpc) is 2.81. The molecule has 0 N–H and O–H groups in total. The fraction of sp³-hybridized carbons (Fsp3) is 0.0526. The van der Waals surface area contributed by atoms with Crippen LogP contribution < -0.4 is 0 Å². The summed E-state index contributed by atoms with van der Waals surface area (Å²) in [6.07, 6.45) is 0. The molecule has 1 heterocycles. The van der Waals surface area contributed by atoms with E-state index in [2.05, 4.69) is 73.7 Å². The molecule has 4 aromatic rings. The second-order valence-corrected chi connectivity index (χ2v) is 7.44. The lowest BCUT2D eigenvalue weighted by Gasteiger charge is -2.03. The van der Waals surface area contributed by atoms with E-state index in [-0.39, 0.29) is 0 Å². The smallest absolute Gasteiger partial charge is 0.0363 e. The number of thiophene rings is 1. The highest BCUT2D eigenvalue weighted by Gasteiger charge is 2.11. The van der Waals surface area contributed by atoms with Crippen LogP contribution in [-0.2, 0) is 0 Å². The molecule has 3 aromatic carbocycles. The number of hydrogen-bond donors (Lipinski definition) is 0. The number of benzene rings is 3. The molecule has 0 spiro atoms. The Morgan fingerprint density at radius 1 is 0.810 bits per heavy atom. The van der Waals surface area contributed by atoms with Gasteiger partial charge in [0.2, 0.25) is 0 Å². The van der Waals surface area contributed by atoms with Crippen molar-refractivity contribution >= 4 is 44.0 Å². The van der Waals surface area contributed by atoms with E-state index in [1.807, 2.05) is 23.1 Å². The first-order chi connectivity index (χ1) is 10.3. The highest BCUT2D eigenvalue weighted by molar-refractivity contribution is 7.99. The molecular formula is C19H14S2. The van der Waals surface area contributed by atoms with E-state index in [9.17, 15) is 0 Å². The van der Waals surface area contributed by atoms with Crippen molar-refractivity contribution < 1.29 is 0 Å². The summed E-state index contributed by atoms with van der Waals surface area (Å²) in [5.74, 6) is 0. The van der Waals surface area contributed by atoms with Crippen molar-refractivity contribution in [1.82, 2.24) is 0 Å². The van der Waals surface area contributed by atoms with Gasteiger partial charge in [0.05, 0.1) is 0 Å². The molecular weight excluding hydrogens is 292 g/mol. The minimum Gasteiger partial charge on any atom is -0.139 e. The number of aryl methyl sites for hydroxylation is 1. The Balaban J connectivity index is 1.91. The van der Waals surface area contributed by atoms with Gasteiger partial charge in [0.25, 0.3) is 0 Å². The topological polar surface area (TPSA) is 0 Å². The second kappa shape index (κ2) is 5.21. The summed E-state index contributed by atoms with van der Waals surface area (Å²) < 4.78 is 1.38. The molecule has 1 aromatic heterocycles. The first kappa shape index (κ1) is 12.9. The van der Waals surface area contributed by atoms with Gasteiger partial charge in [-0.25, -0.2) is 0 Å². The van der Waals surface area contributed by atoms with Crippen molar-refractivity contribution in [1.29, 1.82) is 0 Å². The molecule has 0 nitrogen and oxygen atoms in total. The highest BCUT2D eigenvalue weighted by atomic mass is 32.2. The predicted octanol–water partition coefficient (Wildman–Crippen LogP) is 6.51. The van der Waals surface area contributed by atoms with E-state index in [0.717, 1.165) is 0 Å². The lowest BCUT2D eigenvalue weighted by atomic mass is 10.1. The van der Waals surface area contributed by atoms with Crippen molar-refractivity contribution in [3.05, 3.63) is 71.6 Å². The van der Waals surface area contributed by atoms with Crippen LogP contribution in [-0.4, -0.2) is 0 Å². The van der Waals surface area contributed by atoms with E-state index < -0.39 is 0 Å². The number of rotatable bonds is 2. The maximum Gasteiger partial charge on any atom is 0.0363 e. The monoisotopic (exact) mass is 306 g/mol. The number of hydrogen-bond acceptors (Lipinski definition) is 2. The molecule has 2 heteroatoms. The Kier molecular flexibility index (Phi) is 3.21. The summed E-state index contributed by atoms with van der Waals surface area (Å²) in [5.41, 5.74) is 0. The molecule has 0 saturated carbocycles. The third kappa shape index (κ3) is 2.35. The standard InChI is InChI=1S/C19H14S2/c1-13-19(21-16-9-3-2-4-10-16)17-11-14-7-5-6-8-15(14)12-18(17)20-13/h2-12H,1H3. The van der Waals surface area contributed by atoms with Crippen LogP contribution in [0.1, 0.15) is 4.88 Å². The van der Waals surface area contributed by atoms with Crippen molar-refractivity contribution in [2.75, 3.05) is 0 Å². The molecule has 102 valence electrons. The van der Waals surface area contributed by atoms with Gasteiger partial charge in [0.15, 0.2) is 0 Å². The first-order valence-corrected chi connectivity index (χ1v) is 8.59. The van der Waals surface area contributed by atoms with Crippen molar-refractivity contribution in [2.24, 2.45) is 0 Å². The summed E-state index contributed by atoms with van der Waals surface area (Å²) in [6, 6.07) is 23.9. The maximum absolute atomic E-state index is 2.33. The molecule has 21 heavy (non-hydrogen) atoms. The predicted molar refractivity (Wildman–Crippen MR) is 94.6 cm³/mol. The third-order valence-corrected chi connectivity index (χ3v) is 6.07. The van der Waals surface area contributed by atoms with Crippen LogP contribution in [0.5, 0.6) is 0 Å². The summed E-state index contributed by atoms with van der Waals surface area (Å²) in [4.78, 5) is 4.09. The van der Waals surface area contributed by atoms with Gasteiger partial charge in [-0.15, -0.1) is 11.3 Å². The minimum absolute atomic E-state index is 1.30. The Hall–Kier alpha value is -1.77. The highest BCUT2D eigenvalue weighted by Crippen LogP contribution is 2.42. The van der Waals surface area contributed by atoms with Gasteiger partial charge in [-0.2, -0.15) is 0 Å². The largest absolute Gasteiger partial charge is 0.139 e. The molecule has 0 aliphatic rings. The quantitative estimate of drug-likeness (QED) is 0.406. The fourth-order valence-corrected chi connectivity index (χ4v) is 4.87. The second-order valence-electron chi connectivity index (χ2n) is 5.10. The molecule has 0 radical (unpaired) electrons. The van der Waals surface area contributed by atoms with Gasteiger partial charge < -0.3 is 0 Å². The Labute approximate surface area is 132 Å². The molecule has 0 aliphatic heterocycles. The fourth-order valence-electron chi connectivity index (χ4n) is 2.62. The van der Waals surface area contributed by atoms with Gasteiger partial charge >= 0.3 is 0 Å². The Morgan fingerprint density at radius 2 is 1.48 bits per heavy atom. The Morgan fingerprint density at radius 3 is 2.24 bits per heavy atom. The van der Waals surface area contributed by atoms with Crippen LogP contribution >= 0.6 is 23.1 Å². The maximum atomic E-state index is 2.33. The third-order valence-electron chi connectivity index (χ3n) is 3.64. The van der Waals surface area contributed by atoms with E-state index in [4.69, 9.17) is 0 Å². The van der Waals surface area contributed by atoms with Crippen molar-refractivity contribution in [3.8, 4) is 0 Å². The molecule has 0 bridgehead atoms. The molecule has 0 saturated heterocycles. The normalized spacial score (nSPS) is 11.3. The number of fused-ring (bicyclic) bond motifs is 2. The van der Waals surface area contributed by atoms with E-state index in [1.165, 1.54) is 35.5 Å². The average molecular weight is 306 g/mol. The van der Waals surface area contributed by atoms with Crippen LogP contribution in [0.15, 0.2) is 76.5 Å². The van der Waals surface area contributed by atoms with E-state index in [0.29, 0.717) is 0 Å². The van der Waals surface area contributed by atoms with Crippen LogP contribution in [0.4, 0.5) is 0 Å². The van der Waals surface area contributed by atoms with Gasteiger partial charge in [-0.1, -0.05) is 54.2 Å². The van der Waals surface area contributed by atoms with Gasteiger partial charge in [0.1, 0.15) is 0 Å². The molecule has 4 rings (SSSR count). The lowest BCUT2D eigenvalue weighted by molar-refractivity contribution is 1.41. The molecule has 0 fully saturated rings. The lowest BCUT2D eigenvalue weighted by Crippen LogP contribution is -1.76. The van der Waals surface area contributed by atoms with E-state index in [1.54, 1.807) is 0 Å². The molecule has 0 unspecified atom stereocenters. The summed E-state index contributed by atoms with van der Waals surface area (Å²) in [7, 11) is 0. The first-order valence-electron chi connectivity index (χ1n) is 6.96. The van der Waals surface area contributed by atoms with Crippen LogP contribution in [0.25, 0.3) is 20.9 Å². The van der Waals surface area contributed by atoms with Crippen molar-refractivity contribution in [3.63, 3.8) is 0 Å². The Bertz CT molecular complexity index is 920. The van der Waals surface area contributed by atoms with Crippen molar-refractivity contribution in [2.45, 2.75) is 16.7 Å². The zero-order chi connectivity index (χ0) is 14.2. The molecule has 0 atom stereocenters. The van der Waals surface area contributed by atoms with Gasteiger partial charge in [-0.3, -0.25) is 0 Å². The van der Waals surface area contributed by atoms with Crippen LogP contribution in [0, 0.1) is 6.92 Å². The van der Waals surface area contributed by atoms with Gasteiger partial charge in [-0.05, 0) is 42.0 Å². The summed E-state index contributed by atoms with van der Waals surface area (Å²) in [5, 5.41) is 4.02. The van der Waals surface area contributed by atoms with Crippen LogP contribution in [0.3, 0.4) is 0 Å². The summed E-state index contributed by atoms with van der Waals surface area (Å²) in [6.45, 7) is 2.22. The zero-order valence-electron chi connectivity index (χ0n) is 11.7. The minimum atomic E-state index is 1.30. The van der Waals surface area contributed by atoms with Crippen LogP contribution in [0.2, 0.25) is 0 Å².